The van der Waals surface area contributed by atoms with Crippen LogP contribution in [0.3, 0.4) is 0 Å². The van der Waals surface area contributed by atoms with E-state index in [1.807, 2.05) is 49.4 Å². The summed E-state index contributed by atoms with van der Waals surface area (Å²) < 4.78 is 10.5. The fraction of sp³-hybridized carbons (Fsp3) is 0.167. The first-order valence-electron chi connectivity index (χ1n) is 9.76. The van der Waals surface area contributed by atoms with Gasteiger partial charge in [0.05, 0.1) is 20.3 Å². The predicted molar refractivity (Wildman–Crippen MR) is 121 cm³/mol. The number of amides is 3. The number of hydrogen-bond acceptors (Lipinski definition) is 4. The molecular formula is C24H25N3O4. The van der Waals surface area contributed by atoms with E-state index in [1.54, 1.807) is 37.4 Å². The van der Waals surface area contributed by atoms with Gasteiger partial charge in [0.15, 0.2) is 11.5 Å². The second kappa shape index (κ2) is 10.2. The lowest BCUT2D eigenvalue weighted by atomic mass is 10.1. The molecule has 31 heavy (non-hydrogen) atoms. The first kappa shape index (κ1) is 21.7. The van der Waals surface area contributed by atoms with Gasteiger partial charge in [-0.1, -0.05) is 30.3 Å². The van der Waals surface area contributed by atoms with Crippen LogP contribution in [0.5, 0.6) is 11.5 Å². The van der Waals surface area contributed by atoms with Crippen LogP contribution in [0.1, 0.15) is 28.9 Å². The van der Waals surface area contributed by atoms with Crippen LogP contribution in [0.25, 0.3) is 0 Å². The van der Waals surface area contributed by atoms with Crippen LogP contribution in [0.2, 0.25) is 0 Å². The lowest BCUT2D eigenvalue weighted by Gasteiger charge is -2.16. The van der Waals surface area contributed by atoms with Crippen molar-refractivity contribution >= 4 is 23.3 Å². The third kappa shape index (κ3) is 5.76. The second-order valence-electron chi connectivity index (χ2n) is 6.83. The predicted octanol–water partition coefficient (Wildman–Crippen LogP) is 4.84. The number of anilines is 2. The van der Waals surface area contributed by atoms with E-state index in [0.717, 1.165) is 5.56 Å². The first-order valence-corrected chi connectivity index (χ1v) is 9.76. The normalized spacial score (nSPS) is 11.2. The Balaban J connectivity index is 1.59. The molecule has 3 aromatic carbocycles. The van der Waals surface area contributed by atoms with Crippen molar-refractivity contribution in [3.05, 3.63) is 83.9 Å². The number of urea groups is 1. The van der Waals surface area contributed by atoms with Gasteiger partial charge >= 0.3 is 6.03 Å². The van der Waals surface area contributed by atoms with Crippen LogP contribution in [-0.2, 0) is 0 Å². The van der Waals surface area contributed by atoms with Crippen molar-refractivity contribution < 1.29 is 19.1 Å². The van der Waals surface area contributed by atoms with E-state index in [9.17, 15) is 9.59 Å². The standard InChI is InChI=1S/C24H25N3O4/c1-16(25-23(28)18-11-14-21(30-2)22(15-18)31-3)17-9-12-20(13-10-17)27-24(29)26-19-7-5-4-6-8-19/h4-16H,1-3H3,(H,25,28)(H2,26,27,29). The summed E-state index contributed by atoms with van der Waals surface area (Å²) in [4.78, 5) is 24.7. The molecule has 0 saturated carbocycles. The molecule has 0 heterocycles. The molecular weight excluding hydrogens is 394 g/mol. The summed E-state index contributed by atoms with van der Waals surface area (Å²) >= 11 is 0. The van der Waals surface area contributed by atoms with Crippen molar-refractivity contribution in [2.24, 2.45) is 0 Å². The van der Waals surface area contributed by atoms with Gasteiger partial charge in [-0.25, -0.2) is 4.79 Å². The van der Waals surface area contributed by atoms with Gasteiger partial charge < -0.3 is 25.4 Å². The van der Waals surface area contributed by atoms with Crippen molar-refractivity contribution in [3.8, 4) is 11.5 Å². The molecule has 0 radical (unpaired) electrons. The van der Waals surface area contributed by atoms with Crippen LogP contribution in [0, 0.1) is 0 Å². The molecule has 0 spiro atoms. The maximum Gasteiger partial charge on any atom is 0.323 e. The van der Waals surface area contributed by atoms with E-state index in [1.165, 1.54) is 7.11 Å². The zero-order chi connectivity index (χ0) is 22.2. The molecule has 0 aliphatic rings. The van der Waals surface area contributed by atoms with Gasteiger partial charge in [-0.15, -0.1) is 0 Å². The summed E-state index contributed by atoms with van der Waals surface area (Å²) in [5.41, 5.74) is 2.74. The Morgan fingerprint density at radius 1 is 0.774 bits per heavy atom. The van der Waals surface area contributed by atoms with Crippen molar-refractivity contribution in [3.63, 3.8) is 0 Å². The molecule has 0 aliphatic heterocycles. The number of carbonyl (C=O) groups excluding carboxylic acids is 2. The molecule has 7 nitrogen and oxygen atoms in total. The summed E-state index contributed by atoms with van der Waals surface area (Å²) in [6.45, 7) is 1.89. The molecule has 0 bridgehead atoms. The minimum atomic E-state index is -0.325. The van der Waals surface area contributed by atoms with Crippen molar-refractivity contribution in [2.45, 2.75) is 13.0 Å². The molecule has 1 unspecified atom stereocenters. The molecule has 3 aromatic rings. The molecule has 160 valence electrons. The van der Waals surface area contributed by atoms with Crippen LogP contribution in [0.15, 0.2) is 72.8 Å². The van der Waals surface area contributed by atoms with Gasteiger partial charge in [-0.3, -0.25) is 4.79 Å². The van der Waals surface area contributed by atoms with Crippen molar-refractivity contribution in [1.82, 2.24) is 5.32 Å². The van der Waals surface area contributed by atoms with Crippen LogP contribution in [-0.4, -0.2) is 26.2 Å². The van der Waals surface area contributed by atoms with Gasteiger partial charge in [0.2, 0.25) is 0 Å². The van der Waals surface area contributed by atoms with Gasteiger partial charge in [-0.2, -0.15) is 0 Å². The average Bonchev–Trinajstić information content (AvgIpc) is 2.79. The van der Waals surface area contributed by atoms with Crippen LogP contribution in [0.4, 0.5) is 16.2 Å². The molecule has 3 N–H and O–H groups in total. The monoisotopic (exact) mass is 419 g/mol. The Morgan fingerprint density at radius 2 is 1.39 bits per heavy atom. The Labute approximate surface area is 181 Å². The molecule has 3 amide bonds. The number of ether oxygens (including phenoxy) is 2. The lowest BCUT2D eigenvalue weighted by molar-refractivity contribution is 0.0939. The molecule has 0 saturated heterocycles. The summed E-state index contributed by atoms with van der Waals surface area (Å²) in [6.07, 6.45) is 0. The molecule has 0 aromatic heterocycles. The second-order valence-corrected chi connectivity index (χ2v) is 6.83. The van der Waals surface area contributed by atoms with E-state index in [4.69, 9.17) is 9.47 Å². The molecule has 0 fully saturated rings. The van der Waals surface area contributed by atoms with E-state index in [-0.39, 0.29) is 18.0 Å². The van der Waals surface area contributed by atoms with Gasteiger partial charge in [0, 0.05) is 16.9 Å². The average molecular weight is 419 g/mol. The topological polar surface area (TPSA) is 88.7 Å². The van der Waals surface area contributed by atoms with Crippen LogP contribution >= 0.6 is 0 Å². The minimum absolute atomic E-state index is 0.224. The maximum absolute atomic E-state index is 12.6. The van der Waals surface area contributed by atoms with Gasteiger partial charge in [0.1, 0.15) is 0 Å². The Bertz CT molecular complexity index is 1040. The minimum Gasteiger partial charge on any atom is -0.493 e. The number of nitrogens with one attached hydrogen (secondary N) is 3. The highest BCUT2D eigenvalue weighted by molar-refractivity contribution is 5.99. The quantitative estimate of drug-likeness (QED) is 0.511. The third-order valence-electron chi connectivity index (χ3n) is 4.69. The van der Waals surface area contributed by atoms with E-state index in [0.29, 0.717) is 28.4 Å². The van der Waals surface area contributed by atoms with Gasteiger partial charge in [0.25, 0.3) is 5.91 Å². The summed E-state index contributed by atoms with van der Waals surface area (Å²) in [5, 5.41) is 8.51. The molecule has 3 rings (SSSR count). The third-order valence-corrected chi connectivity index (χ3v) is 4.69. The van der Waals surface area contributed by atoms with Gasteiger partial charge in [-0.05, 0) is 55.0 Å². The fourth-order valence-electron chi connectivity index (χ4n) is 3.01. The largest absolute Gasteiger partial charge is 0.493 e. The number of rotatable bonds is 7. The zero-order valence-corrected chi connectivity index (χ0v) is 17.6. The highest BCUT2D eigenvalue weighted by Gasteiger charge is 2.14. The zero-order valence-electron chi connectivity index (χ0n) is 17.6. The number of para-hydroxylation sites is 1. The molecule has 0 aliphatic carbocycles. The highest BCUT2D eigenvalue weighted by atomic mass is 16.5. The van der Waals surface area contributed by atoms with Crippen LogP contribution < -0.4 is 25.4 Å². The highest BCUT2D eigenvalue weighted by Crippen LogP contribution is 2.28. The van der Waals surface area contributed by atoms with E-state index >= 15 is 0 Å². The summed E-state index contributed by atoms with van der Waals surface area (Å²) in [5.74, 6) is 0.830. The van der Waals surface area contributed by atoms with E-state index in [2.05, 4.69) is 16.0 Å². The van der Waals surface area contributed by atoms with Crippen molar-refractivity contribution in [2.75, 3.05) is 24.9 Å². The number of benzene rings is 3. The number of methoxy groups -OCH3 is 2. The maximum atomic E-state index is 12.6. The fourth-order valence-corrected chi connectivity index (χ4v) is 3.01. The number of carbonyl (C=O) groups is 2. The van der Waals surface area contributed by atoms with Crippen molar-refractivity contribution in [1.29, 1.82) is 0 Å². The number of hydrogen-bond donors (Lipinski definition) is 3. The summed E-state index contributed by atoms with van der Waals surface area (Å²) in [6, 6.07) is 21.0. The molecule has 1 atom stereocenters. The Morgan fingerprint density at radius 3 is 2.00 bits per heavy atom. The van der Waals surface area contributed by atoms with E-state index < -0.39 is 0 Å². The molecule has 7 heteroatoms. The SMILES string of the molecule is COc1ccc(C(=O)NC(C)c2ccc(NC(=O)Nc3ccccc3)cc2)cc1OC. The first-order chi connectivity index (χ1) is 15.0. The summed E-state index contributed by atoms with van der Waals surface area (Å²) in [7, 11) is 3.07. The Hall–Kier alpha value is -4.00. The Kier molecular flexibility index (Phi) is 7.11. The smallest absolute Gasteiger partial charge is 0.323 e. The lowest BCUT2D eigenvalue weighted by Crippen LogP contribution is -2.26.